The monoisotopic (exact) mass is 298 g/mol. The SMILES string of the molecule is OC(c1cc(Br)cc2c1OCC2)C1CCCO1. The highest BCUT2D eigenvalue weighted by Gasteiger charge is 2.30. The molecule has 2 aliphatic heterocycles. The van der Waals surface area contributed by atoms with Crippen molar-refractivity contribution in [3.8, 4) is 5.75 Å². The lowest BCUT2D eigenvalue weighted by atomic mass is 9.99. The summed E-state index contributed by atoms with van der Waals surface area (Å²) in [7, 11) is 0. The maximum Gasteiger partial charge on any atom is 0.128 e. The number of aliphatic hydroxyl groups excluding tert-OH is 1. The molecule has 4 heteroatoms. The van der Waals surface area contributed by atoms with E-state index in [-0.39, 0.29) is 6.10 Å². The molecule has 3 rings (SSSR count). The minimum atomic E-state index is -0.582. The van der Waals surface area contributed by atoms with Crippen LogP contribution in [0.3, 0.4) is 0 Å². The number of halogens is 1. The van der Waals surface area contributed by atoms with E-state index in [0.29, 0.717) is 6.61 Å². The molecule has 0 bridgehead atoms. The van der Waals surface area contributed by atoms with Crippen LogP contribution in [0.2, 0.25) is 0 Å². The second-order valence-electron chi connectivity index (χ2n) is 4.58. The van der Waals surface area contributed by atoms with Gasteiger partial charge in [0.15, 0.2) is 0 Å². The first-order valence-corrected chi connectivity index (χ1v) is 6.80. The molecule has 1 saturated heterocycles. The number of fused-ring (bicyclic) bond motifs is 1. The van der Waals surface area contributed by atoms with Crippen molar-refractivity contribution in [3.63, 3.8) is 0 Å². The van der Waals surface area contributed by atoms with Crippen LogP contribution in [0.5, 0.6) is 5.75 Å². The van der Waals surface area contributed by atoms with Crippen LogP contribution >= 0.6 is 15.9 Å². The number of ether oxygens (including phenoxy) is 2. The van der Waals surface area contributed by atoms with Gasteiger partial charge in [-0.3, -0.25) is 0 Å². The average Bonchev–Trinajstić information content (AvgIpc) is 2.97. The predicted molar refractivity (Wildman–Crippen MR) is 67.3 cm³/mol. The second-order valence-corrected chi connectivity index (χ2v) is 5.49. The Kier molecular flexibility index (Phi) is 3.11. The summed E-state index contributed by atoms with van der Waals surface area (Å²) in [5, 5.41) is 10.4. The molecule has 0 saturated carbocycles. The van der Waals surface area contributed by atoms with Crippen LogP contribution in [-0.2, 0) is 11.2 Å². The molecule has 0 aromatic heterocycles. The Morgan fingerprint density at radius 2 is 2.24 bits per heavy atom. The van der Waals surface area contributed by atoms with Crippen LogP contribution in [0.4, 0.5) is 0 Å². The van der Waals surface area contributed by atoms with Crippen LogP contribution in [-0.4, -0.2) is 24.4 Å². The summed E-state index contributed by atoms with van der Waals surface area (Å²) in [5.74, 6) is 0.858. The summed E-state index contributed by atoms with van der Waals surface area (Å²) in [6.07, 6.45) is 2.20. The van der Waals surface area contributed by atoms with Crippen molar-refractivity contribution < 1.29 is 14.6 Å². The first kappa shape index (κ1) is 11.5. The molecule has 1 aromatic rings. The van der Waals surface area contributed by atoms with E-state index in [1.165, 1.54) is 5.56 Å². The Bertz CT molecular complexity index is 427. The zero-order chi connectivity index (χ0) is 11.8. The van der Waals surface area contributed by atoms with Gasteiger partial charge in [-0.05, 0) is 30.5 Å². The standard InChI is InChI=1S/C13H15BrO3/c14-9-6-8-3-5-17-13(8)10(7-9)12(15)11-2-1-4-16-11/h6-7,11-12,15H,1-5H2. The average molecular weight is 299 g/mol. The highest BCUT2D eigenvalue weighted by atomic mass is 79.9. The van der Waals surface area contributed by atoms with Gasteiger partial charge >= 0.3 is 0 Å². The molecule has 0 spiro atoms. The summed E-state index contributed by atoms with van der Waals surface area (Å²) in [6.45, 7) is 1.45. The maximum absolute atomic E-state index is 10.4. The maximum atomic E-state index is 10.4. The van der Waals surface area contributed by atoms with E-state index in [4.69, 9.17) is 9.47 Å². The lowest BCUT2D eigenvalue weighted by molar-refractivity contribution is -0.00367. The lowest BCUT2D eigenvalue weighted by Crippen LogP contribution is -2.17. The van der Waals surface area contributed by atoms with E-state index in [1.807, 2.05) is 6.07 Å². The molecule has 92 valence electrons. The van der Waals surface area contributed by atoms with Gasteiger partial charge < -0.3 is 14.6 Å². The fourth-order valence-corrected chi connectivity index (χ4v) is 3.09. The lowest BCUT2D eigenvalue weighted by Gasteiger charge is -2.20. The van der Waals surface area contributed by atoms with Gasteiger partial charge in [0.1, 0.15) is 11.9 Å². The van der Waals surface area contributed by atoms with E-state index in [2.05, 4.69) is 22.0 Å². The van der Waals surface area contributed by atoms with Gasteiger partial charge in [0.05, 0.1) is 12.7 Å². The van der Waals surface area contributed by atoms with Crippen molar-refractivity contribution in [3.05, 3.63) is 27.7 Å². The molecule has 2 heterocycles. The first-order valence-electron chi connectivity index (χ1n) is 6.00. The first-order chi connectivity index (χ1) is 8.25. The third-order valence-corrected chi connectivity index (χ3v) is 3.87. The normalized spacial score (nSPS) is 24.5. The highest BCUT2D eigenvalue weighted by Crippen LogP contribution is 2.39. The summed E-state index contributed by atoms with van der Waals surface area (Å²) < 4.78 is 12.2. The number of benzene rings is 1. The highest BCUT2D eigenvalue weighted by molar-refractivity contribution is 9.10. The molecular formula is C13H15BrO3. The Hall–Kier alpha value is -0.580. The van der Waals surface area contributed by atoms with Crippen molar-refractivity contribution in [1.82, 2.24) is 0 Å². The molecule has 1 aromatic carbocycles. The van der Waals surface area contributed by atoms with E-state index in [9.17, 15) is 5.11 Å². The fourth-order valence-electron chi connectivity index (χ4n) is 2.57. The molecule has 2 unspecified atom stereocenters. The molecule has 0 amide bonds. The zero-order valence-corrected chi connectivity index (χ0v) is 11.1. The minimum absolute atomic E-state index is 0.0856. The third-order valence-electron chi connectivity index (χ3n) is 3.41. The topological polar surface area (TPSA) is 38.7 Å². The van der Waals surface area contributed by atoms with E-state index in [0.717, 1.165) is 41.7 Å². The Morgan fingerprint density at radius 1 is 1.35 bits per heavy atom. The van der Waals surface area contributed by atoms with Crippen LogP contribution < -0.4 is 4.74 Å². The van der Waals surface area contributed by atoms with Crippen molar-refractivity contribution >= 4 is 15.9 Å². The second kappa shape index (κ2) is 4.59. The third kappa shape index (κ3) is 2.09. The smallest absolute Gasteiger partial charge is 0.128 e. The van der Waals surface area contributed by atoms with Gasteiger partial charge in [-0.2, -0.15) is 0 Å². The Labute approximate surface area is 109 Å². The summed E-state index contributed by atoms with van der Waals surface area (Å²) in [6, 6.07) is 4.00. The molecule has 17 heavy (non-hydrogen) atoms. The van der Waals surface area contributed by atoms with Crippen molar-refractivity contribution in [2.24, 2.45) is 0 Å². The fraction of sp³-hybridized carbons (Fsp3) is 0.538. The van der Waals surface area contributed by atoms with Crippen molar-refractivity contribution in [1.29, 1.82) is 0 Å². The minimum Gasteiger partial charge on any atom is -0.493 e. The van der Waals surface area contributed by atoms with Crippen LogP contribution in [0.1, 0.15) is 30.1 Å². The molecule has 0 radical (unpaired) electrons. The number of hydrogen-bond acceptors (Lipinski definition) is 3. The largest absolute Gasteiger partial charge is 0.493 e. The van der Waals surface area contributed by atoms with E-state index in [1.54, 1.807) is 0 Å². The molecule has 0 aliphatic carbocycles. The molecular weight excluding hydrogens is 284 g/mol. The van der Waals surface area contributed by atoms with Crippen molar-refractivity contribution in [2.75, 3.05) is 13.2 Å². The molecule has 2 atom stereocenters. The van der Waals surface area contributed by atoms with Gasteiger partial charge in [-0.1, -0.05) is 15.9 Å². The van der Waals surface area contributed by atoms with Gasteiger partial charge in [0.25, 0.3) is 0 Å². The molecule has 2 aliphatic rings. The summed E-state index contributed by atoms with van der Waals surface area (Å²) in [5.41, 5.74) is 2.03. The molecule has 3 nitrogen and oxygen atoms in total. The zero-order valence-electron chi connectivity index (χ0n) is 9.49. The predicted octanol–water partition coefficient (Wildman–Crippen LogP) is 2.60. The summed E-state index contributed by atoms with van der Waals surface area (Å²) in [4.78, 5) is 0. The van der Waals surface area contributed by atoms with Crippen LogP contribution in [0.15, 0.2) is 16.6 Å². The van der Waals surface area contributed by atoms with Gasteiger partial charge in [-0.15, -0.1) is 0 Å². The quantitative estimate of drug-likeness (QED) is 0.912. The number of hydrogen-bond donors (Lipinski definition) is 1. The summed E-state index contributed by atoms with van der Waals surface area (Å²) >= 11 is 3.49. The van der Waals surface area contributed by atoms with E-state index >= 15 is 0 Å². The number of aliphatic hydroxyl groups is 1. The Morgan fingerprint density at radius 3 is 3.00 bits per heavy atom. The molecule has 1 N–H and O–H groups in total. The van der Waals surface area contributed by atoms with Gasteiger partial charge in [-0.25, -0.2) is 0 Å². The van der Waals surface area contributed by atoms with Gasteiger partial charge in [0, 0.05) is 23.1 Å². The Balaban J connectivity index is 1.96. The van der Waals surface area contributed by atoms with E-state index < -0.39 is 6.10 Å². The van der Waals surface area contributed by atoms with Crippen molar-refractivity contribution in [2.45, 2.75) is 31.5 Å². The van der Waals surface area contributed by atoms with Crippen LogP contribution in [0.25, 0.3) is 0 Å². The van der Waals surface area contributed by atoms with Crippen LogP contribution in [0, 0.1) is 0 Å². The molecule has 1 fully saturated rings. The van der Waals surface area contributed by atoms with Gasteiger partial charge in [0.2, 0.25) is 0 Å². The number of rotatable bonds is 2.